The molecule has 2 aliphatic heterocycles. The highest BCUT2D eigenvalue weighted by molar-refractivity contribution is 6.84. The zero-order valence-corrected chi connectivity index (χ0v) is 16.0. The fourth-order valence-electron chi connectivity index (χ4n) is 2.75. The molecule has 0 saturated carbocycles. The molecule has 3 rings (SSSR count). The Morgan fingerprint density at radius 2 is 1.69 bits per heavy atom. The van der Waals surface area contributed by atoms with Crippen LogP contribution in [-0.2, 0) is 9.31 Å². The van der Waals surface area contributed by atoms with Crippen molar-refractivity contribution in [1.29, 1.82) is 0 Å². The number of ether oxygens (including phenoxy) is 2. The predicted molar refractivity (Wildman–Crippen MR) is 101 cm³/mol. The molecule has 1 unspecified atom stereocenters. The number of allylic oxidation sites excluding steroid dienone is 1. The Labute approximate surface area is 154 Å². The summed E-state index contributed by atoms with van der Waals surface area (Å²) in [5.41, 5.74) is 0.327. The lowest BCUT2D eigenvalue weighted by atomic mass is 9.81. The zero-order chi connectivity index (χ0) is 19.1. The van der Waals surface area contributed by atoms with Crippen LogP contribution in [0.25, 0.3) is 0 Å². The van der Waals surface area contributed by atoms with Gasteiger partial charge < -0.3 is 23.9 Å². The van der Waals surface area contributed by atoms with Gasteiger partial charge in [0.05, 0.1) is 36.7 Å². The lowest BCUT2D eigenvalue weighted by molar-refractivity contribution is 0.00578. The molecule has 0 spiro atoms. The van der Waals surface area contributed by atoms with E-state index in [-0.39, 0.29) is 0 Å². The van der Waals surface area contributed by atoms with Crippen LogP contribution in [0.5, 0.6) is 11.5 Å². The number of hydrogen-bond acceptors (Lipinski definition) is 7. The van der Waals surface area contributed by atoms with Crippen molar-refractivity contribution in [3.8, 4) is 11.5 Å². The largest absolute Gasteiger partial charge is 0.516 e. The molecule has 1 fully saturated rings. The van der Waals surface area contributed by atoms with Crippen molar-refractivity contribution >= 4 is 18.4 Å². The standard InChI is InChI=1S/C18H25BN2O5/c1-17(2)18(3,4)26-19(25-17)15-9-10-16(22)21(20-15)12-7-8-13(23-5)14(11-12)24-6/h7-11,16,22H,1-6H3. The summed E-state index contributed by atoms with van der Waals surface area (Å²) < 4.78 is 22.7. The van der Waals surface area contributed by atoms with Gasteiger partial charge in [-0.1, -0.05) is 0 Å². The molecular weight excluding hydrogens is 335 g/mol. The number of aliphatic hydroxyl groups is 1. The van der Waals surface area contributed by atoms with Gasteiger partial charge in [-0.2, -0.15) is 5.10 Å². The van der Waals surface area contributed by atoms with E-state index in [9.17, 15) is 5.11 Å². The zero-order valence-electron chi connectivity index (χ0n) is 16.0. The summed E-state index contributed by atoms with van der Waals surface area (Å²) in [7, 11) is 2.53. The third kappa shape index (κ3) is 3.20. The quantitative estimate of drug-likeness (QED) is 0.832. The molecule has 1 aromatic rings. The molecule has 1 aromatic carbocycles. The minimum Gasteiger partial charge on any atom is -0.493 e. The summed E-state index contributed by atoms with van der Waals surface area (Å²) in [5, 5.41) is 16.4. The SMILES string of the molecule is COc1ccc(N2N=C(B3OC(C)(C)C(C)(C)O3)C=CC2O)cc1OC. The molecule has 2 aliphatic rings. The Morgan fingerprint density at radius 3 is 2.27 bits per heavy atom. The lowest BCUT2D eigenvalue weighted by Crippen LogP contribution is -2.41. The van der Waals surface area contributed by atoms with Crippen molar-refractivity contribution in [2.24, 2.45) is 5.10 Å². The normalized spacial score (nSPS) is 23.8. The lowest BCUT2D eigenvalue weighted by Gasteiger charge is -2.32. The van der Waals surface area contributed by atoms with Gasteiger partial charge in [0.1, 0.15) is 0 Å². The van der Waals surface area contributed by atoms with E-state index in [0.29, 0.717) is 22.8 Å². The highest BCUT2D eigenvalue weighted by Crippen LogP contribution is 2.38. The molecule has 0 radical (unpaired) electrons. The first-order chi connectivity index (χ1) is 12.2. The molecule has 0 aliphatic carbocycles. The van der Waals surface area contributed by atoms with Gasteiger partial charge in [0.15, 0.2) is 17.7 Å². The van der Waals surface area contributed by atoms with Crippen LogP contribution in [0, 0.1) is 0 Å². The number of hydrogen-bond donors (Lipinski definition) is 1. The number of benzene rings is 1. The maximum atomic E-state index is 10.4. The van der Waals surface area contributed by atoms with Gasteiger partial charge in [0, 0.05) is 6.07 Å². The maximum absolute atomic E-state index is 10.4. The first-order valence-electron chi connectivity index (χ1n) is 8.50. The molecule has 0 aromatic heterocycles. The summed E-state index contributed by atoms with van der Waals surface area (Å²) in [6.07, 6.45) is 2.47. The van der Waals surface area contributed by atoms with Crippen molar-refractivity contribution < 1.29 is 23.9 Å². The molecule has 0 amide bonds. The molecule has 8 heteroatoms. The van der Waals surface area contributed by atoms with Crippen molar-refractivity contribution in [2.45, 2.75) is 45.1 Å². The van der Waals surface area contributed by atoms with Gasteiger partial charge in [-0.25, -0.2) is 5.01 Å². The van der Waals surface area contributed by atoms with E-state index in [1.165, 1.54) is 5.01 Å². The van der Waals surface area contributed by atoms with Crippen molar-refractivity contribution in [2.75, 3.05) is 19.2 Å². The van der Waals surface area contributed by atoms with E-state index < -0.39 is 24.5 Å². The molecule has 7 nitrogen and oxygen atoms in total. The van der Waals surface area contributed by atoms with Crippen molar-refractivity contribution in [3.05, 3.63) is 30.4 Å². The van der Waals surface area contributed by atoms with E-state index in [2.05, 4.69) is 5.10 Å². The summed E-state index contributed by atoms with van der Waals surface area (Å²) in [6.45, 7) is 7.95. The van der Waals surface area contributed by atoms with Crippen LogP contribution >= 0.6 is 0 Å². The highest BCUT2D eigenvalue weighted by atomic mass is 16.7. The first-order valence-corrected chi connectivity index (χ1v) is 8.50. The average molecular weight is 360 g/mol. The van der Waals surface area contributed by atoms with Crippen LogP contribution in [0.15, 0.2) is 35.5 Å². The van der Waals surface area contributed by atoms with Crippen LogP contribution in [0.4, 0.5) is 5.69 Å². The second-order valence-electron chi connectivity index (χ2n) is 7.27. The molecule has 1 N–H and O–H groups in total. The molecule has 140 valence electrons. The average Bonchev–Trinajstić information content (AvgIpc) is 2.82. The monoisotopic (exact) mass is 360 g/mol. The Hall–Kier alpha value is -2.03. The third-order valence-electron chi connectivity index (χ3n) is 5.04. The molecule has 2 heterocycles. The van der Waals surface area contributed by atoms with Gasteiger partial charge in [0.25, 0.3) is 0 Å². The minimum atomic E-state index is -0.903. The highest BCUT2D eigenvalue weighted by Gasteiger charge is 2.53. The summed E-state index contributed by atoms with van der Waals surface area (Å²) in [4.78, 5) is 0. The van der Waals surface area contributed by atoms with E-state index >= 15 is 0 Å². The van der Waals surface area contributed by atoms with Crippen LogP contribution in [0.1, 0.15) is 27.7 Å². The van der Waals surface area contributed by atoms with Gasteiger partial charge in [0.2, 0.25) is 0 Å². The maximum Gasteiger partial charge on any atom is 0.516 e. The van der Waals surface area contributed by atoms with Gasteiger partial charge in [-0.15, -0.1) is 0 Å². The molecule has 26 heavy (non-hydrogen) atoms. The second kappa shape index (κ2) is 6.61. The van der Waals surface area contributed by atoms with Crippen molar-refractivity contribution in [3.63, 3.8) is 0 Å². The smallest absolute Gasteiger partial charge is 0.493 e. The fraction of sp³-hybridized carbons (Fsp3) is 0.500. The Morgan fingerprint density at radius 1 is 1.08 bits per heavy atom. The second-order valence-corrected chi connectivity index (χ2v) is 7.27. The van der Waals surface area contributed by atoms with Gasteiger partial charge in [-0.05, 0) is 52.0 Å². The van der Waals surface area contributed by atoms with Crippen molar-refractivity contribution in [1.82, 2.24) is 0 Å². The van der Waals surface area contributed by atoms with E-state index in [1.54, 1.807) is 44.6 Å². The molecule has 1 atom stereocenters. The Balaban J connectivity index is 1.91. The predicted octanol–water partition coefficient (Wildman–Crippen LogP) is 2.39. The van der Waals surface area contributed by atoms with E-state index in [1.807, 2.05) is 27.7 Å². The fourth-order valence-corrected chi connectivity index (χ4v) is 2.75. The Bertz CT molecular complexity index is 731. The number of nitrogens with zero attached hydrogens (tertiary/aromatic N) is 2. The van der Waals surface area contributed by atoms with Crippen LogP contribution < -0.4 is 14.5 Å². The van der Waals surface area contributed by atoms with Crippen LogP contribution in [-0.4, -0.2) is 49.5 Å². The molecular formula is C18H25BN2O5. The minimum absolute atomic E-state index is 0.460. The van der Waals surface area contributed by atoms with Crippen LogP contribution in [0.3, 0.4) is 0 Å². The topological polar surface area (TPSA) is 72.8 Å². The van der Waals surface area contributed by atoms with Crippen LogP contribution in [0.2, 0.25) is 0 Å². The summed E-state index contributed by atoms with van der Waals surface area (Å²) in [5.74, 6) is 1.16. The van der Waals surface area contributed by atoms with E-state index in [0.717, 1.165) is 0 Å². The summed E-state index contributed by atoms with van der Waals surface area (Å²) in [6, 6.07) is 5.32. The van der Waals surface area contributed by atoms with Gasteiger partial charge >= 0.3 is 7.12 Å². The first kappa shape index (κ1) is 18.8. The molecule has 1 saturated heterocycles. The molecule has 0 bridgehead atoms. The Kier molecular flexibility index (Phi) is 4.77. The number of methoxy groups -OCH3 is 2. The number of hydrazone groups is 1. The summed E-state index contributed by atoms with van der Waals surface area (Å²) >= 11 is 0. The number of anilines is 1. The third-order valence-corrected chi connectivity index (χ3v) is 5.04. The van der Waals surface area contributed by atoms with Gasteiger partial charge in [-0.3, -0.25) is 0 Å². The number of rotatable bonds is 4. The number of aliphatic hydroxyl groups excluding tert-OH is 1. The van der Waals surface area contributed by atoms with E-state index in [4.69, 9.17) is 18.8 Å².